The van der Waals surface area contributed by atoms with Crippen LogP contribution in [-0.2, 0) is 9.47 Å². The maximum atomic E-state index is 12.7. The Labute approximate surface area is 195 Å². The Bertz CT molecular complexity index is 932. The molecule has 0 spiro atoms. The summed E-state index contributed by atoms with van der Waals surface area (Å²) in [7, 11) is 5.74. The molecule has 1 heterocycles. The minimum absolute atomic E-state index is 0.0910. The highest BCUT2D eigenvalue weighted by atomic mass is 35.5. The summed E-state index contributed by atoms with van der Waals surface area (Å²) in [4.78, 5) is 15.1. The van der Waals surface area contributed by atoms with Crippen molar-refractivity contribution in [2.24, 2.45) is 5.41 Å². The van der Waals surface area contributed by atoms with Gasteiger partial charge in [0.05, 0.1) is 30.6 Å². The van der Waals surface area contributed by atoms with Gasteiger partial charge in [-0.05, 0) is 72.5 Å². The summed E-state index contributed by atoms with van der Waals surface area (Å²) in [6, 6.07) is 0. The van der Waals surface area contributed by atoms with Crippen molar-refractivity contribution in [3.63, 3.8) is 0 Å². The van der Waals surface area contributed by atoms with E-state index in [0.29, 0.717) is 39.8 Å². The van der Waals surface area contributed by atoms with Crippen molar-refractivity contribution in [1.82, 2.24) is 4.90 Å². The standard InChI is InChI=1S/C25H34ClNO5/c1-7-30-15-8-17-18(22(28)29-6)16(2)20-21(19(17)26)32-23(3,31-20)24-9-12-25(13-10-24,14-11-24)27(4)5/h8,15H,7,9-14H2,1-6H3/b15-8+. The molecule has 176 valence electrons. The molecule has 4 aliphatic rings. The molecule has 0 N–H and O–H groups in total. The van der Waals surface area contributed by atoms with E-state index < -0.39 is 11.8 Å². The van der Waals surface area contributed by atoms with Gasteiger partial charge in [0.2, 0.25) is 0 Å². The van der Waals surface area contributed by atoms with Gasteiger partial charge in [0.1, 0.15) is 0 Å². The van der Waals surface area contributed by atoms with Crippen molar-refractivity contribution in [1.29, 1.82) is 0 Å². The highest BCUT2D eigenvalue weighted by Gasteiger charge is 2.62. The van der Waals surface area contributed by atoms with Crippen LogP contribution in [0, 0.1) is 12.3 Å². The molecule has 2 bridgehead atoms. The molecule has 1 unspecified atom stereocenters. The lowest BCUT2D eigenvalue weighted by atomic mass is 9.54. The number of rotatable bonds is 6. The maximum absolute atomic E-state index is 12.7. The zero-order valence-electron chi connectivity index (χ0n) is 20.0. The van der Waals surface area contributed by atoms with Crippen LogP contribution < -0.4 is 9.47 Å². The molecule has 32 heavy (non-hydrogen) atoms. The smallest absolute Gasteiger partial charge is 0.338 e. The molecule has 1 aromatic carbocycles. The van der Waals surface area contributed by atoms with Crippen LogP contribution in [0.25, 0.3) is 6.08 Å². The maximum Gasteiger partial charge on any atom is 0.338 e. The lowest BCUT2D eigenvalue weighted by Gasteiger charge is -2.59. The van der Waals surface area contributed by atoms with Gasteiger partial charge >= 0.3 is 5.97 Å². The van der Waals surface area contributed by atoms with E-state index in [2.05, 4.69) is 19.0 Å². The van der Waals surface area contributed by atoms with E-state index in [9.17, 15) is 4.79 Å². The highest BCUT2D eigenvalue weighted by Crippen LogP contribution is 2.63. The summed E-state index contributed by atoms with van der Waals surface area (Å²) in [6.07, 6.45) is 9.71. The van der Waals surface area contributed by atoms with Crippen LogP contribution in [-0.4, -0.2) is 50.0 Å². The van der Waals surface area contributed by atoms with Crippen LogP contribution in [0.4, 0.5) is 0 Å². The molecule has 3 aliphatic carbocycles. The van der Waals surface area contributed by atoms with Gasteiger partial charge in [-0.25, -0.2) is 4.79 Å². The normalized spacial score (nSPS) is 30.9. The first kappa shape index (κ1) is 23.2. The average molecular weight is 464 g/mol. The van der Waals surface area contributed by atoms with Crippen LogP contribution in [0.1, 0.15) is 73.9 Å². The largest absolute Gasteiger partial charge is 0.501 e. The number of esters is 1. The molecule has 1 aromatic rings. The third-order valence-electron chi connectivity index (χ3n) is 8.23. The van der Waals surface area contributed by atoms with Crippen LogP contribution in [0.5, 0.6) is 11.5 Å². The molecule has 0 aromatic heterocycles. The third kappa shape index (κ3) is 3.29. The predicted octanol–water partition coefficient (Wildman–Crippen LogP) is 5.58. The van der Waals surface area contributed by atoms with Gasteiger partial charge in [-0.1, -0.05) is 11.6 Å². The average Bonchev–Trinajstić information content (AvgIpc) is 3.18. The molecule has 1 atom stereocenters. The van der Waals surface area contributed by atoms with E-state index in [0.717, 1.165) is 38.5 Å². The van der Waals surface area contributed by atoms with Crippen LogP contribution in [0.3, 0.4) is 0 Å². The van der Waals surface area contributed by atoms with Crippen molar-refractivity contribution in [2.45, 2.75) is 70.6 Å². The van der Waals surface area contributed by atoms with E-state index in [4.69, 9.17) is 30.5 Å². The Morgan fingerprint density at radius 2 is 1.72 bits per heavy atom. The number of methoxy groups -OCH3 is 1. The minimum atomic E-state index is -0.835. The number of ether oxygens (including phenoxy) is 4. The van der Waals surface area contributed by atoms with Gasteiger partial charge in [0.25, 0.3) is 5.79 Å². The lowest BCUT2D eigenvalue weighted by Crippen LogP contribution is -2.62. The van der Waals surface area contributed by atoms with Crippen molar-refractivity contribution >= 4 is 23.6 Å². The number of benzene rings is 1. The predicted molar refractivity (Wildman–Crippen MR) is 124 cm³/mol. The van der Waals surface area contributed by atoms with E-state index in [1.165, 1.54) is 13.4 Å². The Morgan fingerprint density at radius 3 is 2.25 bits per heavy atom. The molecule has 0 saturated heterocycles. The molecule has 0 radical (unpaired) electrons. The Balaban J connectivity index is 1.74. The van der Waals surface area contributed by atoms with Crippen LogP contribution in [0.15, 0.2) is 6.26 Å². The van der Waals surface area contributed by atoms with E-state index >= 15 is 0 Å². The van der Waals surface area contributed by atoms with Crippen molar-refractivity contribution in [3.05, 3.63) is 28.0 Å². The topological polar surface area (TPSA) is 57.2 Å². The quantitative estimate of drug-likeness (QED) is 0.405. The molecular weight excluding hydrogens is 430 g/mol. The lowest BCUT2D eigenvalue weighted by molar-refractivity contribution is -0.211. The highest BCUT2D eigenvalue weighted by molar-refractivity contribution is 6.34. The molecular formula is C25H34ClNO5. The number of carbonyl (C=O) groups is 1. The number of nitrogens with zero attached hydrogens (tertiary/aromatic N) is 1. The van der Waals surface area contributed by atoms with Gasteiger partial charge in [-0.15, -0.1) is 0 Å². The van der Waals surface area contributed by atoms with Gasteiger partial charge in [0.15, 0.2) is 11.5 Å². The van der Waals surface area contributed by atoms with Crippen molar-refractivity contribution in [3.8, 4) is 11.5 Å². The Kier molecular flexibility index (Phi) is 5.91. The summed E-state index contributed by atoms with van der Waals surface area (Å²) >= 11 is 6.81. The number of hydrogen-bond acceptors (Lipinski definition) is 6. The third-order valence-corrected chi connectivity index (χ3v) is 8.60. The first-order chi connectivity index (χ1) is 15.1. The van der Waals surface area contributed by atoms with Gasteiger partial charge in [-0.3, -0.25) is 0 Å². The van der Waals surface area contributed by atoms with Gasteiger partial charge in [-0.2, -0.15) is 0 Å². The summed E-state index contributed by atoms with van der Waals surface area (Å²) in [5.41, 5.74) is 1.75. The summed E-state index contributed by atoms with van der Waals surface area (Å²) in [6.45, 7) is 6.29. The molecule has 5 rings (SSSR count). The molecule has 0 amide bonds. The van der Waals surface area contributed by atoms with E-state index in [1.54, 1.807) is 6.08 Å². The fourth-order valence-electron chi connectivity index (χ4n) is 5.91. The zero-order valence-corrected chi connectivity index (χ0v) is 20.7. The number of hydrogen-bond donors (Lipinski definition) is 0. The van der Waals surface area contributed by atoms with Gasteiger partial charge < -0.3 is 23.8 Å². The molecule has 3 saturated carbocycles. The number of carbonyl (C=O) groups excluding carboxylic acids is 1. The van der Waals surface area contributed by atoms with Crippen LogP contribution >= 0.6 is 11.6 Å². The molecule has 1 aliphatic heterocycles. The van der Waals surface area contributed by atoms with Crippen molar-refractivity contribution in [2.75, 3.05) is 27.8 Å². The number of fused-ring (bicyclic) bond motifs is 4. The Morgan fingerprint density at radius 1 is 1.12 bits per heavy atom. The Hall–Kier alpha value is -1.92. The zero-order chi connectivity index (χ0) is 23.3. The first-order valence-corrected chi connectivity index (χ1v) is 11.8. The second-order valence-corrected chi connectivity index (χ2v) is 10.1. The molecule has 6 nitrogen and oxygen atoms in total. The van der Waals surface area contributed by atoms with E-state index in [-0.39, 0.29) is 11.0 Å². The minimum Gasteiger partial charge on any atom is -0.501 e. The monoisotopic (exact) mass is 463 g/mol. The first-order valence-electron chi connectivity index (χ1n) is 11.4. The fraction of sp³-hybridized carbons (Fsp3) is 0.640. The van der Waals surface area contributed by atoms with E-state index in [1.807, 2.05) is 20.8 Å². The number of halogens is 1. The van der Waals surface area contributed by atoms with Gasteiger partial charge in [0, 0.05) is 29.0 Å². The second kappa shape index (κ2) is 8.14. The molecule has 3 fully saturated rings. The van der Waals surface area contributed by atoms with Crippen molar-refractivity contribution < 1.29 is 23.7 Å². The summed E-state index contributed by atoms with van der Waals surface area (Å²) < 4.78 is 23.6. The second-order valence-electron chi connectivity index (χ2n) is 9.68. The molecule has 7 heteroatoms. The SMILES string of the molecule is CCO/C=C/c1c(Cl)c2c(c(C)c1C(=O)OC)OC(C)(C13CCC(N(C)C)(CC1)CC3)O2. The fourth-order valence-corrected chi connectivity index (χ4v) is 6.19. The summed E-state index contributed by atoms with van der Waals surface area (Å²) in [5, 5.41) is 0.344. The summed E-state index contributed by atoms with van der Waals surface area (Å²) in [5.74, 6) is -0.265. The van der Waals surface area contributed by atoms with Crippen LogP contribution in [0.2, 0.25) is 5.02 Å².